The first-order valence-corrected chi connectivity index (χ1v) is 7.94. The fourth-order valence-electron chi connectivity index (χ4n) is 1.97. The van der Waals surface area contributed by atoms with Crippen LogP contribution in [0.4, 0.5) is 0 Å². The highest BCUT2D eigenvalue weighted by Gasteiger charge is 1.98. The Kier molecular flexibility index (Phi) is 15.2. The molecule has 0 atom stereocenters. The summed E-state index contributed by atoms with van der Waals surface area (Å²) in [5.74, 6) is 6.30. The van der Waals surface area contributed by atoms with Gasteiger partial charge in [0.05, 0.1) is 7.11 Å². The van der Waals surface area contributed by atoms with Crippen molar-refractivity contribution in [2.75, 3.05) is 13.7 Å². The lowest BCUT2D eigenvalue weighted by Gasteiger charge is -1.98. The number of carbonyl (C=O) groups excluding carboxylic acids is 1. The van der Waals surface area contributed by atoms with E-state index in [4.69, 9.17) is 5.11 Å². The summed E-state index contributed by atoms with van der Waals surface area (Å²) in [7, 11) is 1.43. The van der Waals surface area contributed by atoms with E-state index in [1.54, 1.807) is 0 Å². The van der Waals surface area contributed by atoms with Gasteiger partial charge in [0, 0.05) is 25.9 Å². The molecule has 0 unspecified atom stereocenters. The highest BCUT2D eigenvalue weighted by atomic mass is 16.5. The third-order valence-corrected chi connectivity index (χ3v) is 3.25. The minimum atomic E-state index is -0.116. The maximum absolute atomic E-state index is 10.9. The Hall–Kier alpha value is -1.01. The zero-order chi connectivity index (χ0) is 14.9. The number of ether oxygens (including phenoxy) is 1. The van der Waals surface area contributed by atoms with Crippen molar-refractivity contribution in [3.05, 3.63) is 0 Å². The van der Waals surface area contributed by atoms with E-state index in [0.29, 0.717) is 13.0 Å². The lowest BCUT2D eigenvalue weighted by Crippen LogP contribution is -1.98. The predicted octanol–water partition coefficient (Wildman–Crippen LogP) is 3.84. The van der Waals surface area contributed by atoms with Crippen molar-refractivity contribution in [3.63, 3.8) is 0 Å². The summed E-state index contributed by atoms with van der Waals surface area (Å²) >= 11 is 0. The Bertz CT molecular complexity index is 276. The van der Waals surface area contributed by atoms with E-state index in [1.807, 2.05) is 0 Å². The van der Waals surface area contributed by atoms with Gasteiger partial charge in [0.1, 0.15) is 0 Å². The highest BCUT2D eigenvalue weighted by molar-refractivity contribution is 5.68. The number of aliphatic hydroxyl groups is 1. The maximum Gasteiger partial charge on any atom is 0.305 e. The number of unbranched alkanes of at least 4 members (excludes halogenated alkanes) is 9. The molecule has 0 fully saturated rings. The molecule has 1 N–H and O–H groups in total. The van der Waals surface area contributed by atoms with Crippen molar-refractivity contribution >= 4 is 5.97 Å². The van der Waals surface area contributed by atoms with Crippen LogP contribution in [0, 0.1) is 11.8 Å². The summed E-state index contributed by atoms with van der Waals surface area (Å²) in [6, 6.07) is 0. The summed E-state index contributed by atoms with van der Waals surface area (Å²) < 4.78 is 4.58. The topological polar surface area (TPSA) is 46.5 Å². The molecule has 0 aliphatic carbocycles. The molecule has 0 rings (SSSR count). The predicted molar refractivity (Wildman–Crippen MR) is 82.3 cm³/mol. The second kappa shape index (κ2) is 16.0. The number of aliphatic hydroxyl groups excluding tert-OH is 1. The number of carbonyl (C=O) groups is 1. The largest absolute Gasteiger partial charge is 0.469 e. The van der Waals surface area contributed by atoms with Gasteiger partial charge in [-0.3, -0.25) is 4.79 Å². The minimum absolute atomic E-state index is 0.116. The summed E-state index contributed by atoms with van der Waals surface area (Å²) in [4.78, 5) is 10.9. The molecule has 0 spiro atoms. The van der Waals surface area contributed by atoms with E-state index >= 15 is 0 Å². The zero-order valence-electron chi connectivity index (χ0n) is 13.0. The summed E-state index contributed by atoms with van der Waals surface area (Å²) in [5, 5.41) is 8.64. The molecule has 116 valence electrons. The van der Waals surface area contributed by atoms with Crippen LogP contribution in [-0.2, 0) is 9.53 Å². The van der Waals surface area contributed by atoms with Gasteiger partial charge in [0.15, 0.2) is 0 Å². The summed E-state index contributed by atoms with van der Waals surface area (Å²) in [6.07, 6.45) is 12.5. The van der Waals surface area contributed by atoms with E-state index in [9.17, 15) is 4.79 Å². The van der Waals surface area contributed by atoms with Crippen LogP contribution < -0.4 is 0 Å². The monoisotopic (exact) mass is 282 g/mol. The molecule has 0 aromatic rings. The maximum atomic E-state index is 10.9. The molecule has 3 nitrogen and oxygen atoms in total. The van der Waals surface area contributed by atoms with Crippen LogP contribution in [0.5, 0.6) is 0 Å². The smallest absolute Gasteiger partial charge is 0.305 e. The zero-order valence-corrected chi connectivity index (χ0v) is 13.0. The van der Waals surface area contributed by atoms with Crippen LogP contribution in [0.1, 0.15) is 77.0 Å². The molecule has 0 bridgehead atoms. The average Bonchev–Trinajstić information content (AvgIpc) is 2.47. The molecule has 0 aromatic heterocycles. The second-order valence-corrected chi connectivity index (χ2v) is 5.09. The molecule has 0 aromatic carbocycles. The Morgan fingerprint density at radius 1 is 0.850 bits per heavy atom. The van der Waals surface area contributed by atoms with Crippen molar-refractivity contribution in [1.82, 2.24) is 0 Å². The van der Waals surface area contributed by atoms with Crippen molar-refractivity contribution in [3.8, 4) is 11.8 Å². The van der Waals surface area contributed by atoms with E-state index < -0.39 is 0 Å². The van der Waals surface area contributed by atoms with E-state index in [-0.39, 0.29) is 5.97 Å². The van der Waals surface area contributed by atoms with Gasteiger partial charge in [-0.05, 0) is 25.7 Å². The first kappa shape index (κ1) is 19.0. The average molecular weight is 282 g/mol. The van der Waals surface area contributed by atoms with Gasteiger partial charge in [0.2, 0.25) is 0 Å². The van der Waals surface area contributed by atoms with Gasteiger partial charge in [-0.2, -0.15) is 0 Å². The number of hydrogen-bond donors (Lipinski definition) is 1. The summed E-state index contributed by atoms with van der Waals surface area (Å²) in [5.41, 5.74) is 0. The van der Waals surface area contributed by atoms with Gasteiger partial charge < -0.3 is 9.84 Å². The Labute approximate surface area is 124 Å². The van der Waals surface area contributed by atoms with Crippen LogP contribution in [0.25, 0.3) is 0 Å². The fraction of sp³-hybridized carbons (Fsp3) is 0.824. The lowest BCUT2D eigenvalue weighted by molar-refractivity contribution is -0.140. The standard InChI is InChI=1S/C17H30O3/c1-20-17(19)15-13-11-9-7-5-3-2-4-6-8-10-12-14-16-18/h18H,2,4,6-16H2,1H3. The highest BCUT2D eigenvalue weighted by Crippen LogP contribution is 2.07. The van der Waals surface area contributed by atoms with Crippen molar-refractivity contribution < 1.29 is 14.6 Å². The van der Waals surface area contributed by atoms with E-state index in [0.717, 1.165) is 44.9 Å². The Morgan fingerprint density at radius 2 is 1.35 bits per heavy atom. The first-order chi connectivity index (χ1) is 9.81. The molecule has 0 radical (unpaired) electrons. The molecular weight excluding hydrogens is 252 g/mol. The molecule has 0 saturated heterocycles. The van der Waals surface area contributed by atoms with Gasteiger partial charge in [-0.25, -0.2) is 0 Å². The second-order valence-electron chi connectivity index (χ2n) is 5.09. The molecule has 0 amide bonds. The van der Waals surface area contributed by atoms with Gasteiger partial charge in [-0.1, -0.05) is 32.1 Å². The molecule has 3 heteroatoms. The number of esters is 1. The minimum Gasteiger partial charge on any atom is -0.469 e. The molecule has 0 aliphatic rings. The Morgan fingerprint density at radius 3 is 1.90 bits per heavy atom. The summed E-state index contributed by atoms with van der Waals surface area (Å²) in [6.45, 7) is 0.325. The SMILES string of the molecule is COC(=O)CCCCCC#CCCCCCCCCO. The third kappa shape index (κ3) is 15.0. The number of rotatable bonds is 12. The van der Waals surface area contributed by atoms with Crippen molar-refractivity contribution in [2.24, 2.45) is 0 Å². The molecule has 20 heavy (non-hydrogen) atoms. The first-order valence-electron chi connectivity index (χ1n) is 7.94. The number of hydrogen-bond acceptors (Lipinski definition) is 3. The molecule has 0 heterocycles. The van der Waals surface area contributed by atoms with Crippen molar-refractivity contribution in [2.45, 2.75) is 77.0 Å². The van der Waals surface area contributed by atoms with Crippen LogP contribution in [-0.4, -0.2) is 24.8 Å². The van der Waals surface area contributed by atoms with E-state index in [1.165, 1.54) is 32.8 Å². The van der Waals surface area contributed by atoms with Gasteiger partial charge in [0.25, 0.3) is 0 Å². The third-order valence-electron chi connectivity index (χ3n) is 3.25. The molecular formula is C17H30O3. The van der Waals surface area contributed by atoms with Crippen LogP contribution in [0.2, 0.25) is 0 Å². The normalized spacial score (nSPS) is 9.90. The van der Waals surface area contributed by atoms with Gasteiger partial charge in [-0.15, -0.1) is 11.8 Å². The van der Waals surface area contributed by atoms with Crippen LogP contribution in [0.3, 0.4) is 0 Å². The fourth-order valence-corrected chi connectivity index (χ4v) is 1.97. The molecule has 0 aliphatic heterocycles. The van der Waals surface area contributed by atoms with Crippen molar-refractivity contribution in [1.29, 1.82) is 0 Å². The van der Waals surface area contributed by atoms with Crippen LogP contribution >= 0.6 is 0 Å². The molecule has 0 saturated carbocycles. The quantitative estimate of drug-likeness (QED) is 0.336. The van der Waals surface area contributed by atoms with E-state index in [2.05, 4.69) is 16.6 Å². The lowest BCUT2D eigenvalue weighted by atomic mass is 10.1. The number of methoxy groups -OCH3 is 1. The van der Waals surface area contributed by atoms with Gasteiger partial charge >= 0.3 is 5.97 Å². The Balaban J connectivity index is 3.15. The van der Waals surface area contributed by atoms with Crippen LogP contribution in [0.15, 0.2) is 0 Å².